The molecule has 0 aromatic carbocycles. The fraction of sp³-hybridized carbons (Fsp3) is 0.500. The lowest BCUT2D eigenvalue weighted by molar-refractivity contribution is -0.135. The number of aliphatic imine (C=N–C) groups is 1. The number of unbranched alkanes of at least 4 members (excludes halogenated alkanes) is 1. The van der Waals surface area contributed by atoms with Gasteiger partial charge in [0.25, 0.3) is 0 Å². The minimum atomic E-state index is -0.305. The summed E-state index contributed by atoms with van der Waals surface area (Å²) in [6.45, 7) is 2.55. The molecule has 0 N–H and O–H groups in total. The van der Waals surface area contributed by atoms with Gasteiger partial charge in [0.15, 0.2) is 0 Å². The molecule has 0 spiro atoms. The molecular weight excluding hydrogens is 142 g/mol. The van der Waals surface area contributed by atoms with Crippen molar-refractivity contribution in [2.24, 2.45) is 4.99 Å². The van der Waals surface area contributed by atoms with E-state index in [1.807, 2.05) is 0 Å². The Balaban J connectivity index is 2.11. The number of nitrogens with zero attached hydrogens (tertiary/aromatic N) is 1. The summed E-state index contributed by atoms with van der Waals surface area (Å²) in [7, 11) is 0. The minimum Gasteiger partial charge on any atom is -0.461 e. The topological polar surface area (TPSA) is 38.7 Å². The van der Waals surface area contributed by atoms with E-state index in [-0.39, 0.29) is 5.97 Å². The molecule has 0 radical (unpaired) electrons. The highest BCUT2D eigenvalue weighted by Crippen LogP contribution is 1.99. The van der Waals surface area contributed by atoms with E-state index >= 15 is 0 Å². The van der Waals surface area contributed by atoms with Crippen molar-refractivity contribution in [1.82, 2.24) is 0 Å². The van der Waals surface area contributed by atoms with Crippen LogP contribution in [0.4, 0.5) is 0 Å². The molecule has 11 heavy (non-hydrogen) atoms. The molecule has 0 aromatic rings. The van der Waals surface area contributed by atoms with Crippen molar-refractivity contribution in [3.8, 4) is 0 Å². The van der Waals surface area contributed by atoms with Gasteiger partial charge in [0.05, 0.1) is 6.61 Å². The first kappa shape index (κ1) is 7.98. The zero-order chi connectivity index (χ0) is 8.10. The largest absolute Gasteiger partial charge is 0.461 e. The number of rotatable bonds is 4. The Morgan fingerprint density at radius 1 is 1.73 bits per heavy atom. The predicted octanol–water partition coefficient (Wildman–Crippen LogP) is 1.30. The van der Waals surface area contributed by atoms with Gasteiger partial charge in [-0.3, -0.25) is 0 Å². The van der Waals surface area contributed by atoms with Crippen LogP contribution in [-0.2, 0) is 9.53 Å². The third-order valence-corrected chi connectivity index (χ3v) is 1.39. The van der Waals surface area contributed by atoms with Gasteiger partial charge >= 0.3 is 5.97 Å². The first-order valence-electron chi connectivity index (χ1n) is 3.76. The van der Waals surface area contributed by atoms with Crippen molar-refractivity contribution < 1.29 is 9.53 Å². The van der Waals surface area contributed by atoms with Gasteiger partial charge in [0, 0.05) is 6.20 Å². The van der Waals surface area contributed by atoms with E-state index in [1.54, 1.807) is 12.3 Å². The SMILES string of the molecule is CCCCOC(=O)C1=NC=C1. The van der Waals surface area contributed by atoms with E-state index in [9.17, 15) is 4.79 Å². The molecule has 1 aliphatic rings. The van der Waals surface area contributed by atoms with Gasteiger partial charge < -0.3 is 4.74 Å². The highest BCUT2D eigenvalue weighted by Gasteiger charge is 2.12. The average Bonchev–Trinajstić information content (AvgIpc) is 1.84. The van der Waals surface area contributed by atoms with Gasteiger partial charge in [-0.2, -0.15) is 0 Å². The summed E-state index contributed by atoms with van der Waals surface area (Å²) in [6, 6.07) is 0. The number of carbonyl (C=O) groups excluding carboxylic acids is 1. The zero-order valence-electron chi connectivity index (χ0n) is 6.54. The van der Waals surface area contributed by atoms with Crippen LogP contribution in [-0.4, -0.2) is 18.3 Å². The molecule has 0 saturated heterocycles. The molecule has 0 atom stereocenters. The van der Waals surface area contributed by atoms with Crippen molar-refractivity contribution in [1.29, 1.82) is 0 Å². The highest BCUT2D eigenvalue weighted by atomic mass is 16.5. The quantitative estimate of drug-likeness (QED) is 0.451. The lowest BCUT2D eigenvalue weighted by atomic mass is 10.3. The fourth-order valence-corrected chi connectivity index (χ4v) is 0.653. The van der Waals surface area contributed by atoms with Crippen LogP contribution < -0.4 is 0 Å². The molecule has 1 heterocycles. The molecular formula is C8H11NO2. The number of hydrogen-bond acceptors (Lipinski definition) is 3. The van der Waals surface area contributed by atoms with Gasteiger partial charge in [-0.05, 0) is 12.5 Å². The summed E-state index contributed by atoms with van der Waals surface area (Å²) < 4.78 is 4.87. The summed E-state index contributed by atoms with van der Waals surface area (Å²) in [5.41, 5.74) is 0.432. The summed E-state index contributed by atoms with van der Waals surface area (Å²) >= 11 is 0. The third kappa shape index (κ3) is 2.18. The molecule has 0 bridgehead atoms. The van der Waals surface area contributed by atoms with E-state index < -0.39 is 0 Å². The Labute approximate surface area is 65.8 Å². The highest BCUT2D eigenvalue weighted by molar-refractivity contribution is 6.43. The van der Waals surface area contributed by atoms with Crippen molar-refractivity contribution in [2.75, 3.05) is 6.61 Å². The monoisotopic (exact) mass is 153 g/mol. The molecule has 0 unspecified atom stereocenters. The first-order valence-corrected chi connectivity index (χ1v) is 3.76. The van der Waals surface area contributed by atoms with E-state index in [4.69, 9.17) is 4.74 Å². The molecule has 0 amide bonds. The van der Waals surface area contributed by atoms with Gasteiger partial charge in [0.1, 0.15) is 5.71 Å². The second kappa shape index (κ2) is 3.91. The molecule has 3 heteroatoms. The van der Waals surface area contributed by atoms with Gasteiger partial charge in [-0.25, -0.2) is 9.79 Å². The maximum absolute atomic E-state index is 10.9. The molecule has 0 fully saturated rings. The van der Waals surface area contributed by atoms with Crippen LogP contribution in [0.5, 0.6) is 0 Å². The molecule has 1 aliphatic heterocycles. The molecule has 60 valence electrons. The normalized spacial score (nSPS) is 13.7. The van der Waals surface area contributed by atoms with E-state index in [1.165, 1.54) is 0 Å². The number of carbonyl (C=O) groups is 1. The molecule has 1 rings (SSSR count). The van der Waals surface area contributed by atoms with E-state index in [0.717, 1.165) is 12.8 Å². The standard InChI is InChI=1S/C8H11NO2/c1-2-3-6-11-8(10)7-4-5-9-7/h4-5H,2-3,6H2,1H3. The third-order valence-electron chi connectivity index (χ3n) is 1.39. The zero-order valence-corrected chi connectivity index (χ0v) is 6.54. The molecule has 0 saturated carbocycles. The summed E-state index contributed by atoms with van der Waals surface area (Å²) in [4.78, 5) is 14.6. The van der Waals surface area contributed by atoms with Crippen LogP contribution >= 0.6 is 0 Å². The average molecular weight is 153 g/mol. The summed E-state index contributed by atoms with van der Waals surface area (Å²) in [6.07, 6.45) is 5.18. The van der Waals surface area contributed by atoms with Crippen LogP contribution in [0, 0.1) is 0 Å². The van der Waals surface area contributed by atoms with Gasteiger partial charge in [0.2, 0.25) is 0 Å². The van der Waals surface area contributed by atoms with Crippen LogP contribution in [0.3, 0.4) is 0 Å². The Morgan fingerprint density at radius 3 is 2.91 bits per heavy atom. The van der Waals surface area contributed by atoms with Crippen LogP contribution in [0.15, 0.2) is 17.3 Å². The smallest absolute Gasteiger partial charge is 0.356 e. The fourth-order valence-electron chi connectivity index (χ4n) is 0.653. The lowest BCUT2D eigenvalue weighted by Gasteiger charge is -2.05. The van der Waals surface area contributed by atoms with Crippen LogP contribution in [0.1, 0.15) is 19.8 Å². The molecule has 0 aromatic heterocycles. The number of ether oxygens (including phenoxy) is 1. The Hall–Kier alpha value is -1.12. The van der Waals surface area contributed by atoms with Crippen molar-refractivity contribution in [3.05, 3.63) is 12.3 Å². The van der Waals surface area contributed by atoms with Gasteiger partial charge in [-0.15, -0.1) is 0 Å². The summed E-state index contributed by atoms with van der Waals surface area (Å²) in [5, 5.41) is 0. The van der Waals surface area contributed by atoms with Gasteiger partial charge in [-0.1, -0.05) is 13.3 Å². The Kier molecular flexibility index (Phi) is 2.83. The number of esters is 1. The van der Waals surface area contributed by atoms with Crippen molar-refractivity contribution >= 4 is 11.7 Å². The van der Waals surface area contributed by atoms with Crippen LogP contribution in [0.25, 0.3) is 0 Å². The Bertz CT molecular complexity index is 206. The second-order valence-electron chi connectivity index (χ2n) is 2.32. The maximum Gasteiger partial charge on any atom is 0.356 e. The van der Waals surface area contributed by atoms with Crippen LogP contribution in [0.2, 0.25) is 0 Å². The van der Waals surface area contributed by atoms with E-state index in [0.29, 0.717) is 12.3 Å². The lowest BCUT2D eigenvalue weighted by Crippen LogP contribution is -2.18. The minimum absolute atomic E-state index is 0.305. The maximum atomic E-state index is 10.9. The first-order chi connectivity index (χ1) is 5.34. The van der Waals surface area contributed by atoms with E-state index in [2.05, 4.69) is 11.9 Å². The van der Waals surface area contributed by atoms with Crippen molar-refractivity contribution in [2.45, 2.75) is 19.8 Å². The molecule has 0 aliphatic carbocycles. The van der Waals surface area contributed by atoms with Crippen molar-refractivity contribution in [3.63, 3.8) is 0 Å². The second-order valence-corrected chi connectivity index (χ2v) is 2.32. The number of hydrogen-bond donors (Lipinski definition) is 0. The Morgan fingerprint density at radius 2 is 2.45 bits per heavy atom. The summed E-state index contributed by atoms with van der Waals surface area (Å²) in [5.74, 6) is -0.305. The molecule has 3 nitrogen and oxygen atoms in total. The predicted molar refractivity (Wildman–Crippen MR) is 42.4 cm³/mol.